The van der Waals surface area contributed by atoms with E-state index >= 15 is 0 Å². The van der Waals surface area contributed by atoms with Crippen molar-refractivity contribution in [2.75, 3.05) is 5.43 Å². The number of halogens is 5. The third kappa shape index (κ3) is 4.46. The van der Waals surface area contributed by atoms with Crippen LogP contribution in [0.4, 0.5) is 18.9 Å². The monoisotopic (exact) mass is 262 g/mol. The second kappa shape index (κ2) is 5.29. The quantitative estimate of drug-likeness (QED) is 0.637. The van der Waals surface area contributed by atoms with Gasteiger partial charge in [-0.15, -0.1) is 25.6 Å². The molecule has 0 aromatic heterocycles. The normalized spacial score (nSPS) is 10.5. The summed E-state index contributed by atoms with van der Waals surface area (Å²) in [6.07, 6.45) is -4.72. The molecular formula is C7H7Cl2F3N2O. The summed E-state index contributed by atoms with van der Waals surface area (Å²) < 4.78 is 39.0. The number of hydrazine groups is 1. The Morgan fingerprint density at radius 1 is 1.33 bits per heavy atom. The number of ether oxygens (including phenoxy) is 1. The van der Waals surface area contributed by atoms with Crippen LogP contribution in [0.2, 0.25) is 5.02 Å². The number of anilines is 1. The largest absolute Gasteiger partial charge is 0.573 e. The second-order valence-electron chi connectivity index (χ2n) is 2.33. The Labute approximate surface area is 94.7 Å². The van der Waals surface area contributed by atoms with Crippen LogP contribution in [0.1, 0.15) is 0 Å². The SMILES string of the molecule is Cl.NNc1cc(OC(F)(F)F)ccc1Cl. The maximum absolute atomic E-state index is 11.8. The molecule has 0 unspecified atom stereocenters. The lowest BCUT2D eigenvalue weighted by molar-refractivity contribution is -0.274. The van der Waals surface area contributed by atoms with Gasteiger partial charge in [-0.25, -0.2) is 0 Å². The summed E-state index contributed by atoms with van der Waals surface area (Å²) in [5.74, 6) is 4.63. The highest BCUT2D eigenvalue weighted by Gasteiger charge is 2.31. The fourth-order valence-corrected chi connectivity index (χ4v) is 0.984. The van der Waals surface area contributed by atoms with Gasteiger partial charge in [-0.1, -0.05) is 11.6 Å². The number of benzene rings is 1. The number of alkyl halides is 3. The Hall–Kier alpha value is -0.850. The van der Waals surface area contributed by atoms with Crippen LogP contribution in [0.25, 0.3) is 0 Å². The zero-order valence-electron chi connectivity index (χ0n) is 7.14. The zero-order chi connectivity index (χ0) is 10.8. The van der Waals surface area contributed by atoms with Crippen molar-refractivity contribution in [2.45, 2.75) is 6.36 Å². The van der Waals surface area contributed by atoms with Gasteiger partial charge in [0.2, 0.25) is 0 Å². The van der Waals surface area contributed by atoms with Crippen LogP contribution in [-0.2, 0) is 0 Å². The Morgan fingerprint density at radius 3 is 2.40 bits per heavy atom. The Bertz CT molecular complexity index is 333. The lowest BCUT2D eigenvalue weighted by Crippen LogP contribution is -2.17. The number of hydrogen-bond donors (Lipinski definition) is 2. The molecule has 0 fully saturated rings. The number of nitrogens with two attached hydrogens (primary N) is 1. The average Bonchev–Trinajstić information content (AvgIpc) is 2.06. The van der Waals surface area contributed by atoms with Crippen LogP contribution in [0.15, 0.2) is 18.2 Å². The lowest BCUT2D eigenvalue weighted by Gasteiger charge is -2.10. The van der Waals surface area contributed by atoms with E-state index in [1.165, 1.54) is 6.07 Å². The van der Waals surface area contributed by atoms with Gasteiger partial charge in [0, 0.05) is 6.07 Å². The summed E-state index contributed by atoms with van der Waals surface area (Å²) >= 11 is 5.59. The van der Waals surface area contributed by atoms with E-state index in [1.807, 2.05) is 0 Å². The summed E-state index contributed by atoms with van der Waals surface area (Å²) in [7, 11) is 0. The zero-order valence-corrected chi connectivity index (χ0v) is 8.71. The average molecular weight is 263 g/mol. The van der Waals surface area contributed by atoms with Crippen molar-refractivity contribution in [3.05, 3.63) is 23.2 Å². The van der Waals surface area contributed by atoms with Gasteiger partial charge in [-0.2, -0.15) is 0 Å². The van der Waals surface area contributed by atoms with Gasteiger partial charge in [0.25, 0.3) is 0 Å². The minimum Gasteiger partial charge on any atom is -0.406 e. The van der Waals surface area contributed by atoms with Crippen LogP contribution in [0, 0.1) is 0 Å². The fraction of sp³-hybridized carbons (Fsp3) is 0.143. The molecule has 0 spiro atoms. The van der Waals surface area contributed by atoms with Crippen LogP contribution in [-0.4, -0.2) is 6.36 Å². The van der Waals surface area contributed by atoms with E-state index < -0.39 is 6.36 Å². The van der Waals surface area contributed by atoms with E-state index in [9.17, 15) is 13.2 Å². The Kier molecular flexibility index (Phi) is 4.99. The first-order chi connectivity index (χ1) is 6.42. The van der Waals surface area contributed by atoms with Gasteiger partial charge < -0.3 is 10.2 Å². The number of nitrogen functional groups attached to an aromatic ring is 1. The molecule has 15 heavy (non-hydrogen) atoms. The Morgan fingerprint density at radius 2 is 1.93 bits per heavy atom. The van der Waals surface area contributed by atoms with Crippen molar-refractivity contribution in [3.8, 4) is 5.75 Å². The van der Waals surface area contributed by atoms with Gasteiger partial charge in [-0.3, -0.25) is 5.84 Å². The summed E-state index contributed by atoms with van der Waals surface area (Å²) in [5.41, 5.74) is 2.30. The fourth-order valence-electron chi connectivity index (χ4n) is 0.812. The lowest BCUT2D eigenvalue weighted by atomic mass is 10.3. The maximum atomic E-state index is 11.8. The van der Waals surface area contributed by atoms with E-state index in [-0.39, 0.29) is 28.9 Å². The molecule has 0 atom stereocenters. The van der Waals surface area contributed by atoms with Gasteiger partial charge in [0.15, 0.2) is 0 Å². The smallest absolute Gasteiger partial charge is 0.406 e. The molecule has 0 heterocycles. The minimum atomic E-state index is -4.72. The van der Waals surface area contributed by atoms with Crippen molar-refractivity contribution in [3.63, 3.8) is 0 Å². The minimum absolute atomic E-state index is 0. The molecule has 1 aromatic carbocycles. The molecule has 1 aromatic rings. The summed E-state index contributed by atoms with van der Waals surface area (Å²) in [5, 5.41) is 0.210. The van der Waals surface area contributed by atoms with E-state index in [1.54, 1.807) is 0 Å². The van der Waals surface area contributed by atoms with Crippen molar-refractivity contribution < 1.29 is 17.9 Å². The van der Waals surface area contributed by atoms with E-state index in [0.29, 0.717) is 0 Å². The topological polar surface area (TPSA) is 47.3 Å². The van der Waals surface area contributed by atoms with Gasteiger partial charge in [-0.05, 0) is 12.1 Å². The molecule has 3 N–H and O–H groups in total. The third-order valence-electron chi connectivity index (χ3n) is 1.33. The molecule has 1 rings (SSSR count). The molecule has 8 heteroatoms. The molecular weight excluding hydrogens is 256 g/mol. The third-order valence-corrected chi connectivity index (χ3v) is 1.66. The number of nitrogens with one attached hydrogen (secondary N) is 1. The van der Waals surface area contributed by atoms with Crippen LogP contribution in [0.3, 0.4) is 0 Å². The van der Waals surface area contributed by atoms with E-state index in [4.69, 9.17) is 17.4 Å². The molecule has 86 valence electrons. The number of hydrogen-bond acceptors (Lipinski definition) is 3. The van der Waals surface area contributed by atoms with E-state index in [2.05, 4.69) is 10.2 Å². The van der Waals surface area contributed by atoms with Crippen molar-refractivity contribution >= 4 is 29.7 Å². The first-order valence-corrected chi connectivity index (χ1v) is 3.82. The highest BCUT2D eigenvalue weighted by molar-refractivity contribution is 6.33. The van der Waals surface area contributed by atoms with Gasteiger partial charge in [0.1, 0.15) is 5.75 Å². The summed E-state index contributed by atoms with van der Waals surface area (Å²) in [6.45, 7) is 0. The number of rotatable bonds is 2. The maximum Gasteiger partial charge on any atom is 0.573 e. The van der Waals surface area contributed by atoms with Crippen molar-refractivity contribution in [2.24, 2.45) is 5.84 Å². The molecule has 0 aliphatic carbocycles. The molecule has 0 radical (unpaired) electrons. The first kappa shape index (κ1) is 14.2. The molecule has 0 aliphatic rings. The van der Waals surface area contributed by atoms with Crippen molar-refractivity contribution in [1.82, 2.24) is 0 Å². The molecule has 0 amide bonds. The van der Waals surface area contributed by atoms with Gasteiger partial charge in [0.05, 0.1) is 10.7 Å². The summed E-state index contributed by atoms with van der Waals surface area (Å²) in [4.78, 5) is 0. The standard InChI is InChI=1S/C7H6ClF3N2O.ClH/c8-5-2-1-4(3-6(5)13-12)14-7(9,10)11;/h1-3,13H,12H2;1H. The molecule has 3 nitrogen and oxygen atoms in total. The summed E-state index contributed by atoms with van der Waals surface area (Å²) in [6, 6.07) is 3.39. The van der Waals surface area contributed by atoms with Crippen LogP contribution in [0.5, 0.6) is 5.75 Å². The Balaban J connectivity index is 0.00000196. The molecule has 0 saturated heterocycles. The van der Waals surface area contributed by atoms with Crippen LogP contribution >= 0.6 is 24.0 Å². The predicted molar refractivity (Wildman–Crippen MR) is 53.2 cm³/mol. The molecule has 0 aliphatic heterocycles. The second-order valence-corrected chi connectivity index (χ2v) is 2.74. The van der Waals surface area contributed by atoms with Crippen molar-refractivity contribution in [1.29, 1.82) is 0 Å². The predicted octanol–water partition coefficient (Wildman–Crippen LogP) is 2.95. The molecule has 0 saturated carbocycles. The van der Waals surface area contributed by atoms with Gasteiger partial charge >= 0.3 is 6.36 Å². The molecule has 0 bridgehead atoms. The highest BCUT2D eigenvalue weighted by Crippen LogP contribution is 2.29. The van der Waals surface area contributed by atoms with Crippen LogP contribution < -0.4 is 16.0 Å². The highest BCUT2D eigenvalue weighted by atomic mass is 35.5. The first-order valence-electron chi connectivity index (χ1n) is 3.44. The van der Waals surface area contributed by atoms with E-state index in [0.717, 1.165) is 12.1 Å².